The largest absolute Gasteiger partial charge is 0.481 e. The Kier molecular flexibility index (Phi) is 3.04. The molecule has 0 bridgehead atoms. The normalized spacial score (nSPS) is 9.92. The summed E-state index contributed by atoms with van der Waals surface area (Å²) in [6.07, 6.45) is 4.83. The van der Waals surface area contributed by atoms with E-state index in [-0.39, 0.29) is 0 Å². The molecule has 0 amide bonds. The first-order chi connectivity index (χ1) is 6.27. The van der Waals surface area contributed by atoms with Crippen LogP contribution in [0.2, 0.25) is 0 Å². The highest BCUT2D eigenvalue weighted by atomic mass is 16.5. The molecule has 13 heavy (non-hydrogen) atoms. The third-order valence-corrected chi connectivity index (χ3v) is 1.67. The molecule has 0 aliphatic carbocycles. The van der Waals surface area contributed by atoms with Crippen molar-refractivity contribution in [2.24, 2.45) is 0 Å². The highest BCUT2D eigenvalue weighted by molar-refractivity contribution is 5.55. The Morgan fingerprint density at radius 2 is 2.38 bits per heavy atom. The molecule has 0 N–H and O–H groups in total. The van der Waals surface area contributed by atoms with E-state index < -0.39 is 0 Å². The lowest BCUT2D eigenvalue weighted by molar-refractivity contribution is 0.397. The molecule has 0 atom stereocenters. The minimum absolute atomic E-state index is 0.589. The van der Waals surface area contributed by atoms with Crippen LogP contribution in [0.5, 0.6) is 5.88 Å². The molecule has 0 aliphatic rings. The van der Waals surface area contributed by atoms with E-state index in [0.29, 0.717) is 5.88 Å². The van der Waals surface area contributed by atoms with E-state index in [9.17, 15) is 0 Å². The summed E-state index contributed by atoms with van der Waals surface area (Å²) in [5, 5.41) is 8.34. The number of rotatable bonds is 2. The molecule has 3 heteroatoms. The van der Waals surface area contributed by atoms with E-state index >= 15 is 0 Å². The van der Waals surface area contributed by atoms with Gasteiger partial charge < -0.3 is 4.74 Å². The van der Waals surface area contributed by atoms with E-state index in [2.05, 4.69) is 4.98 Å². The number of aromatic nitrogens is 1. The van der Waals surface area contributed by atoms with Gasteiger partial charge in [-0.1, -0.05) is 0 Å². The van der Waals surface area contributed by atoms with Crippen molar-refractivity contribution in [3.05, 3.63) is 29.5 Å². The Morgan fingerprint density at radius 3 is 2.92 bits per heavy atom. The van der Waals surface area contributed by atoms with Crippen molar-refractivity contribution >= 4 is 6.08 Å². The molecule has 0 unspecified atom stereocenters. The fourth-order valence-corrected chi connectivity index (χ4v) is 0.954. The summed E-state index contributed by atoms with van der Waals surface area (Å²) in [7, 11) is 1.58. The smallest absolute Gasteiger partial charge is 0.213 e. The topological polar surface area (TPSA) is 45.9 Å². The lowest BCUT2D eigenvalue weighted by atomic mass is 10.1. The van der Waals surface area contributed by atoms with Crippen molar-refractivity contribution in [3.63, 3.8) is 0 Å². The zero-order valence-corrected chi connectivity index (χ0v) is 7.61. The standard InChI is InChI=1S/C10H10N2O/c1-8-6-10(13-2)12-7-9(8)4-3-5-11/h3-4,6-7H,1-2H3. The predicted octanol–water partition coefficient (Wildman–Crippen LogP) is 1.94. The van der Waals surface area contributed by atoms with Crippen LogP contribution < -0.4 is 4.74 Å². The average Bonchev–Trinajstić information content (AvgIpc) is 2.16. The molecule has 1 aromatic rings. The number of hydrogen-bond donors (Lipinski definition) is 0. The van der Waals surface area contributed by atoms with Crippen LogP contribution in [0, 0.1) is 18.3 Å². The van der Waals surface area contributed by atoms with E-state index in [1.807, 2.05) is 19.1 Å². The van der Waals surface area contributed by atoms with Gasteiger partial charge in [-0.2, -0.15) is 5.26 Å². The van der Waals surface area contributed by atoms with Gasteiger partial charge in [0, 0.05) is 18.3 Å². The van der Waals surface area contributed by atoms with Crippen molar-refractivity contribution in [1.29, 1.82) is 5.26 Å². The summed E-state index contributed by atoms with van der Waals surface area (Å²) >= 11 is 0. The van der Waals surface area contributed by atoms with Crippen molar-refractivity contribution in [1.82, 2.24) is 4.98 Å². The summed E-state index contributed by atoms with van der Waals surface area (Å²) in [4.78, 5) is 4.03. The number of nitrogens with zero attached hydrogens (tertiary/aromatic N) is 2. The summed E-state index contributed by atoms with van der Waals surface area (Å²) in [6.45, 7) is 1.95. The van der Waals surface area contributed by atoms with Crippen molar-refractivity contribution in [3.8, 4) is 11.9 Å². The van der Waals surface area contributed by atoms with Gasteiger partial charge >= 0.3 is 0 Å². The molecule has 0 spiro atoms. The number of nitriles is 1. The van der Waals surface area contributed by atoms with Crippen LogP contribution >= 0.6 is 0 Å². The zero-order valence-electron chi connectivity index (χ0n) is 7.61. The summed E-state index contributed by atoms with van der Waals surface area (Å²) < 4.78 is 4.95. The number of aryl methyl sites for hydroxylation is 1. The first-order valence-corrected chi connectivity index (χ1v) is 3.84. The molecule has 0 radical (unpaired) electrons. The Balaban J connectivity index is 3.00. The van der Waals surface area contributed by atoms with Gasteiger partial charge in [0.25, 0.3) is 0 Å². The molecule has 0 saturated carbocycles. The number of allylic oxidation sites excluding steroid dienone is 1. The first-order valence-electron chi connectivity index (χ1n) is 3.84. The minimum Gasteiger partial charge on any atom is -0.481 e. The van der Waals surface area contributed by atoms with Crippen molar-refractivity contribution in [2.75, 3.05) is 7.11 Å². The van der Waals surface area contributed by atoms with Crippen LogP contribution in [0.15, 0.2) is 18.3 Å². The molecular formula is C10H10N2O. The minimum atomic E-state index is 0.589. The first kappa shape index (κ1) is 9.27. The van der Waals surface area contributed by atoms with Crippen molar-refractivity contribution in [2.45, 2.75) is 6.92 Å². The van der Waals surface area contributed by atoms with Crippen LogP contribution in [0.4, 0.5) is 0 Å². The monoisotopic (exact) mass is 174 g/mol. The van der Waals surface area contributed by atoms with Gasteiger partial charge in [0.2, 0.25) is 5.88 Å². The van der Waals surface area contributed by atoms with Crippen LogP contribution in [0.3, 0.4) is 0 Å². The summed E-state index contributed by atoms with van der Waals surface area (Å²) in [5.74, 6) is 0.589. The van der Waals surface area contributed by atoms with Gasteiger partial charge in [-0.15, -0.1) is 0 Å². The number of methoxy groups -OCH3 is 1. The van der Waals surface area contributed by atoms with E-state index in [4.69, 9.17) is 10.00 Å². The van der Waals surface area contributed by atoms with E-state index in [1.165, 1.54) is 6.08 Å². The van der Waals surface area contributed by atoms with Gasteiger partial charge in [-0.3, -0.25) is 0 Å². The second kappa shape index (κ2) is 4.27. The van der Waals surface area contributed by atoms with Crippen LogP contribution in [-0.2, 0) is 0 Å². The Morgan fingerprint density at radius 1 is 1.62 bits per heavy atom. The number of hydrogen-bond acceptors (Lipinski definition) is 3. The highest BCUT2D eigenvalue weighted by Crippen LogP contribution is 2.14. The molecule has 0 saturated heterocycles. The number of ether oxygens (including phenoxy) is 1. The molecule has 1 aromatic heterocycles. The molecule has 1 heterocycles. The fourth-order valence-electron chi connectivity index (χ4n) is 0.954. The van der Waals surface area contributed by atoms with Gasteiger partial charge in [0.15, 0.2) is 0 Å². The molecule has 0 aliphatic heterocycles. The molecular weight excluding hydrogens is 164 g/mol. The fraction of sp³-hybridized carbons (Fsp3) is 0.200. The molecule has 3 nitrogen and oxygen atoms in total. The second-order valence-electron chi connectivity index (χ2n) is 2.55. The lowest BCUT2D eigenvalue weighted by Crippen LogP contribution is -1.89. The van der Waals surface area contributed by atoms with Gasteiger partial charge in [0.1, 0.15) is 0 Å². The summed E-state index contributed by atoms with van der Waals surface area (Å²) in [5.41, 5.74) is 1.97. The maximum atomic E-state index is 8.34. The van der Waals surface area contributed by atoms with E-state index in [1.54, 1.807) is 19.4 Å². The highest BCUT2D eigenvalue weighted by Gasteiger charge is 1.97. The Labute approximate surface area is 77.3 Å². The third-order valence-electron chi connectivity index (χ3n) is 1.67. The molecule has 1 rings (SSSR count). The quantitative estimate of drug-likeness (QED) is 0.643. The lowest BCUT2D eigenvalue weighted by Gasteiger charge is -2.02. The van der Waals surface area contributed by atoms with Crippen molar-refractivity contribution < 1.29 is 4.74 Å². The predicted molar refractivity (Wildman–Crippen MR) is 50.2 cm³/mol. The molecule has 0 fully saturated rings. The average molecular weight is 174 g/mol. The zero-order chi connectivity index (χ0) is 9.68. The van der Waals surface area contributed by atoms with Gasteiger partial charge in [-0.05, 0) is 24.1 Å². The van der Waals surface area contributed by atoms with Crippen LogP contribution in [0.25, 0.3) is 6.08 Å². The Hall–Kier alpha value is -1.82. The third kappa shape index (κ3) is 2.31. The Bertz CT molecular complexity index is 364. The molecule has 0 aromatic carbocycles. The van der Waals surface area contributed by atoms with E-state index in [0.717, 1.165) is 11.1 Å². The summed E-state index contributed by atoms with van der Waals surface area (Å²) in [6, 6.07) is 3.76. The van der Waals surface area contributed by atoms with Crippen LogP contribution in [0.1, 0.15) is 11.1 Å². The van der Waals surface area contributed by atoms with Gasteiger partial charge in [0.05, 0.1) is 13.2 Å². The maximum absolute atomic E-state index is 8.34. The van der Waals surface area contributed by atoms with Crippen LogP contribution in [-0.4, -0.2) is 12.1 Å². The molecule has 66 valence electrons. The SMILES string of the molecule is COc1cc(C)c(C=CC#N)cn1. The maximum Gasteiger partial charge on any atom is 0.213 e. The second-order valence-corrected chi connectivity index (χ2v) is 2.55. The number of pyridine rings is 1. The van der Waals surface area contributed by atoms with Gasteiger partial charge in [-0.25, -0.2) is 4.98 Å².